The molecular weight excluding hydrogens is 246 g/mol. The SMILES string of the molecule is CCCC(CNC(=O)NCCN1CCCC1)C(=O)O. The van der Waals surface area contributed by atoms with Gasteiger partial charge in [0.2, 0.25) is 0 Å². The summed E-state index contributed by atoms with van der Waals surface area (Å²) in [7, 11) is 0. The van der Waals surface area contributed by atoms with E-state index in [9.17, 15) is 9.59 Å². The predicted molar refractivity (Wildman–Crippen MR) is 73.1 cm³/mol. The van der Waals surface area contributed by atoms with E-state index in [1.165, 1.54) is 12.8 Å². The van der Waals surface area contributed by atoms with Gasteiger partial charge in [-0.05, 0) is 32.4 Å². The molecule has 1 saturated heterocycles. The summed E-state index contributed by atoms with van der Waals surface area (Å²) < 4.78 is 0. The molecule has 0 aliphatic carbocycles. The highest BCUT2D eigenvalue weighted by molar-refractivity contribution is 5.75. The molecule has 1 aliphatic heterocycles. The first kappa shape index (κ1) is 15.8. The smallest absolute Gasteiger partial charge is 0.314 e. The van der Waals surface area contributed by atoms with Crippen LogP contribution in [0, 0.1) is 5.92 Å². The first-order valence-electron chi connectivity index (χ1n) is 7.10. The Kier molecular flexibility index (Phi) is 7.25. The Morgan fingerprint density at radius 2 is 1.95 bits per heavy atom. The minimum absolute atomic E-state index is 0.193. The van der Waals surface area contributed by atoms with Crippen molar-refractivity contribution in [2.24, 2.45) is 5.92 Å². The number of rotatable bonds is 8. The third-order valence-electron chi connectivity index (χ3n) is 3.41. The largest absolute Gasteiger partial charge is 0.481 e. The minimum atomic E-state index is -0.848. The van der Waals surface area contributed by atoms with E-state index in [0.29, 0.717) is 13.0 Å². The molecule has 1 rings (SSSR count). The maximum absolute atomic E-state index is 11.5. The lowest BCUT2D eigenvalue weighted by Gasteiger charge is -2.16. The number of nitrogens with zero attached hydrogens (tertiary/aromatic N) is 1. The summed E-state index contributed by atoms with van der Waals surface area (Å²) in [4.78, 5) is 24.7. The van der Waals surface area contributed by atoms with E-state index in [0.717, 1.165) is 26.1 Å². The lowest BCUT2D eigenvalue weighted by Crippen LogP contribution is -2.42. The van der Waals surface area contributed by atoms with Gasteiger partial charge in [-0.3, -0.25) is 4.79 Å². The molecule has 1 unspecified atom stereocenters. The molecule has 0 bridgehead atoms. The van der Waals surface area contributed by atoms with Crippen molar-refractivity contribution in [1.82, 2.24) is 15.5 Å². The van der Waals surface area contributed by atoms with E-state index in [1.54, 1.807) is 0 Å². The maximum Gasteiger partial charge on any atom is 0.314 e. The predicted octanol–water partition coefficient (Wildman–Crippen LogP) is 0.882. The van der Waals surface area contributed by atoms with Crippen LogP contribution in [0.15, 0.2) is 0 Å². The zero-order valence-corrected chi connectivity index (χ0v) is 11.7. The Hall–Kier alpha value is -1.30. The Balaban J connectivity index is 2.10. The van der Waals surface area contributed by atoms with Crippen LogP contribution in [0.25, 0.3) is 0 Å². The van der Waals surface area contributed by atoms with Crippen molar-refractivity contribution in [3.63, 3.8) is 0 Å². The van der Waals surface area contributed by atoms with E-state index >= 15 is 0 Å². The molecule has 0 spiro atoms. The highest BCUT2D eigenvalue weighted by Gasteiger charge is 2.17. The number of carboxylic acids is 1. The van der Waals surface area contributed by atoms with Crippen molar-refractivity contribution in [3.05, 3.63) is 0 Å². The van der Waals surface area contributed by atoms with E-state index in [1.807, 2.05) is 6.92 Å². The van der Waals surface area contributed by atoms with Gasteiger partial charge in [0.1, 0.15) is 0 Å². The fourth-order valence-electron chi connectivity index (χ4n) is 2.27. The number of urea groups is 1. The van der Waals surface area contributed by atoms with Crippen LogP contribution in [0.5, 0.6) is 0 Å². The van der Waals surface area contributed by atoms with E-state index in [-0.39, 0.29) is 12.6 Å². The lowest BCUT2D eigenvalue weighted by molar-refractivity contribution is -0.141. The molecular formula is C13H25N3O3. The summed E-state index contributed by atoms with van der Waals surface area (Å²) in [5.41, 5.74) is 0. The average molecular weight is 271 g/mol. The molecule has 0 saturated carbocycles. The van der Waals surface area contributed by atoms with Crippen molar-refractivity contribution in [3.8, 4) is 0 Å². The number of carbonyl (C=O) groups is 2. The molecule has 19 heavy (non-hydrogen) atoms. The van der Waals surface area contributed by atoms with Gasteiger partial charge in [0, 0.05) is 19.6 Å². The molecule has 0 radical (unpaired) electrons. The summed E-state index contributed by atoms with van der Waals surface area (Å²) in [6.07, 6.45) is 3.87. The van der Waals surface area contributed by atoms with Crippen LogP contribution in [0.4, 0.5) is 4.79 Å². The van der Waals surface area contributed by atoms with E-state index in [4.69, 9.17) is 5.11 Å². The fourth-order valence-corrected chi connectivity index (χ4v) is 2.27. The van der Waals surface area contributed by atoms with Crippen molar-refractivity contribution in [2.45, 2.75) is 32.6 Å². The van der Waals surface area contributed by atoms with Gasteiger partial charge in [-0.15, -0.1) is 0 Å². The number of amides is 2. The Morgan fingerprint density at radius 3 is 2.53 bits per heavy atom. The summed E-state index contributed by atoms with van der Waals surface area (Å²) in [5.74, 6) is -1.34. The molecule has 6 nitrogen and oxygen atoms in total. The third kappa shape index (κ3) is 6.42. The number of likely N-dealkylation sites (tertiary alicyclic amines) is 1. The molecule has 0 aromatic carbocycles. The topological polar surface area (TPSA) is 81.7 Å². The first-order valence-corrected chi connectivity index (χ1v) is 7.10. The Bertz CT molecular complexity index is 291. The molecule has 1 atom stereocenters. The van der Waals surface area contributed by atoms with Crippen LogP contribution in [0.1, 0.15) is 32.6 Å². The zero-order valence-electron chi connectivity index (χ0n) is 11.7. The molecule has 1 fully saturated rings. The van der Waals surface area contributed by atoms with Crippen molar-refractivity contribution in [1.29, 1.82) is 0 Å². The average Bonchev–Trinajstić information content (AvgIpc) is 2.87. The van der Waals surface area contributed by atoms with Crippen LogP contribution in [0.2, 0.25) is 0 Å². The van der Waals surface area contributed by atoms with Gasteiger partial charge in [-0.1, -0.05) is 13.3 Å². The first-order chi connectivity index (χ1) is 9.13. The van der Waals surface area contributed by atoms with Crippen LogP contribution < -0.4 is 10.6 Å². The number of nitrogens with one attached hydrogen (secondary N) is 2. The number of carboxylic acid groups (broad SMARTS) is 1. The summed E-state index contributed by atoms with van der Waals surface area (Å²) in [6.45, 7) is 5.83. The molecule has 110 valence electrons. The quantitative estimate of drug-likeness (QED) is 0.612. The maximum atomic E-state index is 11.5. The van der Waals surface area contributed by atoms with Gasteiger partial charge in [-0.25, -0.2) is 4.79 Å². The van der Waals surface area contributed by atoms with Gasteiger partial charge in [0.25, 0.3) is 0 Å². The van der Waals surface area contributed by atoms with Gasteiger partial charge in [0.05, 0.1) is 5.92 Å². The van der Waals surface area contributed by atoms with E-state index in [2.05, 4.69) is 15.5 Å². The third-order valence-corrected chi connectivity index (χ3v) is 3.41. The van der Waals surface area contributed by atoms with Gasteiger partial charge < -0.3 is 20.6 Å². The Morgan fingerprint density at radius 1 is 1.26 bits per heavy atom. The number of hydrogen-bond donors (Lipinski definition) is 3. The van der Waals surface area contributed by atoms with Crippen molar-refractivity contribution < 1.29 is 14.7 Å². The molecule has 2 amide bonds. The van der Waals surface area contributed by atoms with Crippen LogP contribution in [-0.4, -0.2) is 54.7 Å². The number of carbonyl (C=O) groups excluding carboxylic acids is 1. The normalized spacial score (nSPS) is 17.1. The van der Waals surface area contributed by atoms with Gasteiger partial charge >= 0.3 is 12.0 Å². The molecule has 6 heteroatoms. The monoisotopic (exact) mass is 271 g/mol. The standard InChI is InChI=1S/C13H25N3O3/c1-2-5-11(12(17)18)10-15-13(19)14-6-9-16-7-3-4-8-16/h11H,2-10H2,1H3,(H,17,18)(H2,14,15,19). The summed E-state index contributed by atoms with van der Waals surface area (Å²) >= 11 is 0. The highest BCUT2D eigenvalue weighted by Crippen LogP contribution is 2.06. The van der Waals surface area contributed by atoms with Gasteiger partial charge in [0.15, 0.2) is 0 Å². The summed E-state index contributed by atoms with van der Waals surface area (Å²) in [5, 5.41) is 14.3. The van der Waals surface area contributed by atoms with Crippen LogP contribution in [-0.2, 0) is 4.79 Å². The van der Waals surface area contributed by atoms with Crippen molar-refractivity contribution in [2.75, 3.05) is 32.7 Å². The van der Waals surface area contributed by atoms with Crippen molar-refractivity contribution >= 4 is 12.0 Å². The molecule has 1 heterocycles. The molecule has 1 aliphatic rings. The van der Waals surface area contributed by atoms with Crippen LogP contribution in [0.3, 0.4) is 0 Å². The highest BCUT2D eigenvalue weighted by atomic mass is 16.4. The zero-order chi connectivity index (χ0) is 14.1. The fraction of sp³-hybridized carbons (Fsp3) is 0.846. The van der Waals surface area contributed by atoms with Crippen LogP contribution >= 0.6 is 0 Å². The van der Waals surface area contributed by atoms with E-state index < -0.39 is 11.9 Å². The number of hydrogen-bond acceptors (Lipinski definition) is 3. The molecule has 3 N–H and O–H groups in total. The second kappa shape index (κ2) is 8.74. The number of aliphatic carboxylic acids is 1. The molecule has 0 aromatic rings. The second-order valence-corrected chi connectivity index (χ2v) is 5.01. The lowest BCUT2D eigenvalue weighted by atomic mass is 10.0. The minimum Gasteiger partial charge on any atom is -0.481 e. The Labute approximate surface area is 114 Å². The second-order valence-electron chi connectivity index (χ2n) is 5.01. The van der Waals surface area contributed by atoms with Gasteiger partial charge in [-0.2, -0.15) is 0 Å². The molecule has 0 aromatic heterocycles. The summed E-state index contributed by atoms with van der Waals surface area (Å²) in [6, 6.07) is -0.276.